The van der Waals surface area contributed by atoms with Crippen LogP contribution in [0.3, 0.4) is 0 Å². The van der Waals surface area contributed by atoms with E-state index in [4.69, 9.17) is 9.97 Å². The van der Waals surface area contributed by atoms with Gasteiger partial charge in [-0.2, -0.15) is 10.1 Å². The van der Waals surface area contributed by atoms with Crippen LogP contribution >= 0.6 is 0 Å². The summed E-state index contributed by atoms with van der Waals surface area (Å²) in [6.07, 6.45) is 2.29. The van der Waals surface area contributed by atoms with Crippen LogP contribution in [0.25, 0.3) is 0 Å². The summed E-state index contributed by atoms with van der Waals surface area (Å²) in [6, 6.07) is 2.34. The minimum Gasteiger partial charge on any atom is -0.363 e. The van der Waals surface area contributed by atoms with Gasteiger partial charge in [0.15, 0.2) is 0 Å². The van der Waals surface area contributed by atoms with Crippen LogP contribution in [-0.4, -0.2) is 40.4 Å². The summed E-state index contributed by atoms with van der Waals surface area (Å²) in [7, 11) is 6.04. The second kappa shape index (κ2) is 5.83. The molecule has 1 fully saturated rings. The molecule has 0 spiro atoms. The van der Waals surface area contributed by atoms with Crippen molar-refractivity contribution in [2.24, 2.45) is 7.05 Å². The van der Waals surface area contributed by atoms with E-state index in [-0.39, 0.29) is 0 Å². The number of rotatable bonds is 3. The summed E-state index contributed by atoms with van der Waals surface area (Å²) in [6.45, 7) is 7.27. The van der Waals surface area contributed by atoms with E-state index < -0.39 is 0 Å². The predicted molar refractivity (Wildman–Crippen MR) is 93.1 cm³/mol. The molecule has 1 aliphatic heterocycles. The Morgan fingerprint density at radius 1 is 1.17 bits per heavy atom. The molecule has 0 N–H and O–H groups in total. The second-order valence-electron chi connectivity index (χ2n) is 6.62. The molecule has 0 amide bonds. The lowest BCUT2D eigenvalue weighted by Gasteiger charge is -2.26. The van der Waals surface area contributed by atoms with Crippen molar-refractivity contribution in [2.75, 3.05) is 30.4 Å². The first-order valence-electron chi connectivity index (χ1n) is 8.18. The zero-order valence-corrected chi connectivity index (χ0v) is 15.0. The quantitative estimate of drug-likeness (QED) is 0.871. The molecular formula is C17H26N6. The predicted octanol–water partition coefficient (Wildman–Crippen LogP) is 2.54. The van der Waals surface area contributed by atoms with Gasteiger partial charge in [0.2, 0.25) is 5.95 Å². The van der Waals surface area contributed by atoms with E-state index in [1.165, 1.54) is 11.3 Å². The van der Waals surface area contributed by atoms with Crippen molar-refractivity contribution >= 4 is 11.8 Å². The van der Waals surface area contributed by atoms with Gasteiger partial charge in [0, 0.05) is 50.7 Å². The Bertz CT molecular complexity index is 718. The summed E-state index contributed by atoms with van der Waals surface area (Å²) >= 11 is 0. The zero-order chi connectivity index (χ0) is 16.7. The summed E-state index contributed by atoms with van der Waals surface area (Å²) in [5.41, 5.74) is 4.69. The third-order valence-electron chi connectivity index (χ3n) is 4.69. The fourth-order valence-corrected chi connectivity index (χ4v) is 3.47. The van der Waals surface area contributed by atoms with Crippen LogP contribution in [0.1, 0.15) is 41.5 Å². The van der Waals surface area contributed by atoms with E-state index in [1.807, 2.05) is 43.7 Å². The lowest BCUT2D eigenvalue weighted by Crippen LogP contribution is -2.26. The summed E-state index contributed by atoms with van der Waals surface area (Å²) < 4.78 is 1.98. The van der Waals surface area contributed by atoms with Gasteiger partial charge in [0.25, 0.3) is 0 Å². The molecular weight excluding hydrogens is 288 g/mol. The van der Waals surface area contributed by atoms with Crippen molar-refractivity contribution in [1.82, 2.24) is 19.7 Å². The van der Waals surface area contributed by atoms with Gasteiger partial charge in [0.1, 0.15) is 5.82 Å². The molecule has 3 rings (SSSR count). The van der Waals surface area contributed by atoms with Gasteiger partial charge < -0.3 is 9.80 Å². The Labute approximate surface area is 138 Å². The number of hydrogen-bond acceptors (Lipinski definition) is 5. The lowest BCUT2D eigenvalue weighted by atomic mass is 10.0. The molecule has 6 nitrogen and oxygen atoms in total. The fourth-order valence-electron chi connectivity index (χ4n) is 3.47. The minimum absolute atomic E-state index is 0.320. The molecule has 2 aromatic heterocycles. The minimum atomic E-state index is 0.320. The highest BCUT2D eigenvalue weighted by molar-refractivity contribution is 5.48. The second-order valence-corrected chi connectivity index (χ2v) is 6.62. The first kappa shape index (κ1) is 15.8. The summed E-state index contributed by atoms with van der Waals surface area (Å²) in [4.78, 5) is 13.8. The van der Waals surface area contributed by atoms with Crippen molar-refractivity contribution in [3.8, 4) is 0 Å². The first-order chi connectivity index (χ1) is 10.9. The maximum Gasteiger partial charge on any atom is 0.228 e. The monoisotopic (exact) mass is 314 g/mol. The van der Waals surface area contributed by atoms with Gasteiger partial charge in [-0.1, -0.05) is 0 Å². The third-order valence-corrected chi connectivity index (χ3v) is 4.69. The number of aryl methyl sites for hydroxylation is 3. The molecule has 1 unspecified atom stereocenters. The molecule has 0 aromatic carbocycles. The van der Waals surface area contributed by atoms with E-state index in [0.29, 0.717) is 6.04 Å². The Balaban J connectivity index is 2.02. The Morgan fingerprint density at radius 2 is 1.91 bits per heavy atom. The van der Waals surface area contributed by atoms with E-state index in [1.54, 1.807) is 0 Å². The van der Waals surface area contributed by atoms with E-state index >= 15 is 0 Å². The molecule has 6 heteroatoms. The molecule has 0 aliphatic carbocycles. The molecule has 0 radical (unpaired) electrons. The Kier molecular flexibility index (Phi) is 4.00. The molecule has 1 aliphatic rings. The Hall–Kier alpha value is -2.11. The number of hydrogen-bond donors (Lipinski definition) is 0. The van der Waals surface area contributed by atoms with Crippen molar-refractivity contribution in [1.29, 1.82) is 0 Å². The molecule has 0 saturated carbocycles. The molecule has 3 heterocycles. The van der Waals surface area contributed by atoms with Crippen molar-refractivity contribution in [2.45, 2.75) is 39.7 Å². The topological polar surface area (TPSA) is 50.1 Å². The van der Waals surface area contributed by atoms with E-state index in [2.05, 4.69) is 23.8 Å². The van der Waals surface area contributed by atoms with Gasteiger partial charge in [-0.3, -0.25) is 4.68 Å². The SMILES string of the molecule is Cc1cc(N(C)C)nc(N2CCCC2c2c(C)nn(C)c2C)n1. The molecule has 1 atom stereocenters. The van der Waals surface area contributed by atoms with Crippen LogP contribution in [0.2, 0.25) is 0 Å². The Morgan fingerprint density at radius 3 is 2.52 bits per heavy atom. The number of nitrogens with zero attached hydrogens (tertiary/aromatic N) is 6. The van der Waals surface area contributed by atoms with Crippen LogP contribution in [0.4, 0.5) is 11.8 Å². The number of aromatic nitrogens is 4. The normalized spacial score (nSPS) is 17.8. The first-order valence-corrected chi connectivity index (χ1v) is 8.18. The maximum absolute atomic E-state index is 4.77. The average Bonchev–Trinajstić information content (AvgIpc) is 3.04. The highest BCUT2D eigenvalue weighted by Gasteiger charge is 2.32. The standard InChI is InChI=1S/C17H26N6/c1-11-10-15(21(4)5)19-17(18-11)23-9-7-8-14(23)16-12(2)20-22(6)13(16)3/h10,14H,7-9H2,1-6H3. The molecule has 23 heavy (non-hydrogen) atoms. The third kappa shape index (κ3) is 2.78. The van der Waals surface area contributed by atoms with Crippen molar-refractivity contribution in [3.05, 3.63) is 28.7 Å². The maximum atomic E-state index is 4.77. The van der Waals surface area contributed by atoms with Crippen LogP contribution in [0.5, 0.6) is 0 Å². The van der Waals surface area contributed by atoms with Crippen LogP contribution in [0, 0.1) is 20.8 Å². The van der Waals surface area contributed by atoms with Gasteiger partial charge in [-0.15, -0.1) is 0 Å². The van der Waals surface area contributed by atoms with E-state index in [9.17, 15) is 0 Å². The summed E-state index contributed by atoms with van der Waals surface area (Å²) in [5.74, 6) is 1.79. The van der Waals surface area contributed by atoms with Gasteiger partial charge in [0.05, 0.1) is 11.7 Å². The molecule has 0 bridgehead atoms. The molecule has 124 valence electrons. The lowest BCUT2D eigenvalue weighted by molar-refractivity contribution is 0.684. The van der Waals surface area contributed by atoms with Crippen LogP contribution < -0.4 is 9.80 Å². The largest absolute Gasteiger partial charge is 0.363 e. The van der Waals surface area contributed by atoms with Gasteiger partial charge in [-0.25, -0.2) is 4.98 Å². The van der Waals surface area contributed by atoms with Crippen LogP contribution in [0.15, 0.2) is 6.07 Å². The van der Waals surface area contributed by atoms with Crippen LogP contribution in [-0.2, 0) is 7.05 Å². The van der Waals surface area contributed by atoms with Gasteiger partial charge in [-0.05, 0) is 33.6 Å². The molecule has 1 saturated heterocycles. The fraction of sp³-hybridized carbons (Fsp3) is 0.588. The van der Waals surface area contributed by atoms with Crippen molar-refractivity contribution < 1.29 is 0 Å². The zero-order valence-electron chi connectivity index (χ0n) is 15.0. The average molecular weight is 314 g/mol. The van der Waals surface area contributed by atoms with Gasteiger partial charge >= 0.3 is 0 Å². The highest BCUT2D eigenvalue weighted by Crippen LogP contribution is 2.37. The molecule has 2 aromatic rings. The number of anilines is 2. The van der Waals surface area contributed by atoms with Crippen molar-refractivity contribution in [3.63, 3.8) is 0 Å². The summed E-state index contributed by atoms with van der Waals surface area (Å²) in [5, 5.41) is 4.59. The van der Waals surface area contributed by atoms with E-state index in [0.717, 1.165) is 42.5 Å². The smallest absolute Gasteiger partial charge is 0.228 e. The highest BCUT2D eigenvalue weighted by atomic mass is 15.3.